The van der Waals surface area contributed by atoms with Crippen molar-refractivity contribution in [3.63, 3.8) is 0 Å². The maximum atomic E-state index is 13.4. The first-order valence-corrected chi connectivity index (χ1v) is 6.81. The zero-order chi connectivity index (χ0) is 15.9. The second kappa shape index (κ2) is 7.40. The highest BCUT2D eigenvalue weighted by Crippen LogP contribution is 2.23. The third-order valence-corrected chi connectivity index (χ3v) is 2.85. The van der Waals surface area contributed by atoms with Crippen LogP contribution in [0.3, 0.4) is 0 Å². The molecule has 6 heteroatoms. The lowest BCUT2D eigenvalue weighted by Gasteiger charge is -2.12. The van der Waals surface area contributed by atoms with Crippen LogP contribution in [-0.2, 0) is 4.79 Å². The fourth-order valence-electron chi connectivity index (χ4n) is 1.88. The third kappa shape index (κ3) is 3.94. The molecule has 0 saturated heterocycles. The molecule has 0 spiro atoms. The average molecular weight is 306 g/mol. The molecule has 0 saturated carbocycles. The van der Waals surface area contributed by atoms with Crippen molar-refractivity contribution in [3.8, 4) is 5.75 Å². The van der Waals surface area contributed by atoms with Gasteiger partial charge in [-0.05, 0) is 31.2 Å². The molecule has 116 valence electrons. The number of amides is 1. The molecule has 0 aromatic heterocycles. The molecule has 0 fully saturated rings. The second-order valence-corrected chi connectivity index (χ2v) is 4.43. The van der Waals surface area contributed by atoms with Gasteiger partial charge in [0.05, 0.1) is 18.8 Å². The number of para-hydroxylation sites is 3. The van der Waals surface area contributed by atoms with Crippen molar-refractivity contribution < 1.29 is 18.3 Å². The van der Waals surface area contributed by atoms with Gasteiger partial charge in [0.25, 0.3) is 0 Å². The number of benzene rings is 2. The van der Waals surface area contributed by atoms with Crippen LogP contribution in [0.15, 0.2) is 42.5 Å². The Morgan fingerprint density at radius 2 is 1.77 bits per heavy atom. The number of halogens is 2. The Labute approximate surface area is 127 Å². The average Bonchev–Trinajstić information content (AvgIpc) is 2.49. The van der Waals surface area contributed by atoms with E-state index >= 15 is 0 Å². The third-order valence-electron chi connectivity index (χ3n) is 2.85. The van der Waals surface area contributed by atoms with Crippen molar-refractivity contribution in [1.82, 2.24) is 0 Å². The van der Waals surface area contributed by atoms with E-state index < -0.39 is 17.5 Å². The number of anilines is 2. The highest BCUT2D eigenvalue weighted by atomic mass is 19.1. The van der Waals surface area contributed by atoms with Gasteiger partial charge >= 0.3 is 0 Å². The van der Waals surface area contributed by atoms with E-state index in [2.05, 4.69) is 10.6 Å². The molecule has 0 atom stereocenters. The standard InChI is InChI=1S/C16H16F2N2O2/c1-2-22-14-9-4-3-8-13(14)20-15(21)10-19-16-11(17)6-5-7-12(16)18/h3-9,19H,2,10H2,1H3,(H,20,21). The lowest BCUT2D eigenvalue weighted by molar-refractivity contribution is -0.114. The Kier molecular flexibility index (Phi) is 5.30. The molecule has 0 radical (unpaired) electrons. The quantitative estimate of drug-likeness (QED) is 0.860. The zero-order valence-electron chi connectivity index (χ0n) is 12.0. The van der Waals surface area contributed by atoms with E-state index in [-0.39, 0.29) is 12.2 Å². The molecule has 0 aliphatic heterocycles. The lowest BCUT2D eigenvalue weighted by Crippen LogP contribution is -2.23. The Balaban J connectivity index is 1.99. The van der Waals surface area contributed by atoms with Gasteiger partial charge in [-0.3, -0.25) is 4.79 Å². The highest BCUT2D eigenvalue weighted by Gasteiger charge is 2.11. The van der Waals surface area contributed by atoms with Crippen LogP contribution in [0, 0.1) is 11.6 Å². The summed E-state index contributed by atoms with van der Waals surface area (Å²) in [5.74, 6) is -1.39. The zero-order valence-corrected chi connectivity index (χ0v) is 12.0. The molecule has 0 unspecified atom stereocenters. The largest absolute Gasteiger partial charge is 0.492 e. The van der Waals surface area contributed by atoms with Gasteiger partial charge < -0.3 is 15.4 Å². The first kappa shape index (κ1) is 15.8. The van der Waals surface area contributed by atoms with Crippen LogP contribution in [0.25, 0.3) is 0 Å². The van der Waals surface area contributed by atoms with Crippen molar-refractivity contribution in [2.24, 2.45) is 0 Å². The summed E-state index contributed by atoms with van der Waals surface area (Å²) in [7, 11) is 0. The van der Waals surface area contributed by atoms with Crippen LogP contribution >= 0.6 is 0 Å². The topological polar surface area (TPSA) is 50.4 Å². The summed E-state index contributed by atoms with van der Waals surface area (Å²) < 4.78 is 32.3. The number of nitrogens with one attached hydrogen (secondary N) is 2. The number of rotatable bonds is 6. The number of hydrogen-bond acceptors (Lipinski definition) is 3. The Morgan fingerprint density at radius 3 is 2.45 bits per heavy atom. The minimum atomic E-state index is -0.748. The van der Waals surface area contributed by atoms with Crippen molar-refractivity contribution in [2.45, 2.75) is 6.92 Å². The van der Waals surface area contributed by atoms with E-state index in [4.69, 9.17) is 4.74 Å². The Bertz CT molecular complexity index is 642. The van der Waals surface area contributed by atoms with Crippen molar-refractivity contribution in [2.75, 3.05) is 23.8 Å². The molecule has 0 heterocycles. The van der Waals surface area contributed by atoms with Gasteiger partial charge in [0.2, 0.25) is 5.91 Å². The molecule has 2 aromatic rings. The van der Waals surface area contributed by atoms with Gasteiger partial charge in [0.1, 0.15) is 23.1 Å². The van der Waals surface area contributed by atoms with Crippen LogP contribution in [0.4, 0.5) is 20.2 Å². The smallest absolute Gasteiger partial charge is 0.243 e. The first-order chi connectivity index (χ1) is 10.6. The van der Waals surface area contributed by atoms with Gasteiger partial charge in [-0.25, -0.2) is 8.78 Å². The molecule has 22 heavy (non-hydrogen) atoms. The van der Waals surface area contributed by atoms with E-state index in [0.717, 1.165) is 12.1 Å². The minimum Gasteiger partial charge on any atom is -0.492 e. The second-order valence-electron chi connectivity index (χ2n) is 4.43. The van der Waals surface area contributed by atoms with Crippen molar-refractivity contribution in [1.29, 1.82) is 0 Å². The number of hydrogen-bond donors (Lipinski definition) is 2. The van der Waals surface area contributed by atoms with Crippen LogP contribution in [0.5, 0.6) is 5.75 Å². The minimum absolute atomic E-state index is 0.266. The first-order valence-electron chi connectivity index (χ1n) is 6.81. The van der Waals surface area contributed by atoms with Crippen LogP contribution in [0.2, 0.25) is 0 Å². The van der Waals surface area contributed by atoms with E-state index in [1.54, 1.807) is 24.3 Å². The van der Waals surface area contributed by atoms with E-state index in [1.807, 2.05) is 6.92 Å². The van der Waals surface area contributed by atoms with Crippen LogP contribution in [-0.4, -0.2) is 19.1 Å². The Hall–Kier alpha value is -2.63. The lowest BCUT2D eigenvalue weighted by atomic mass is 10.2. The maximum absolute atomic E-state index is 13.4. The fourth-order valence-corrected chi connectivity index (χ4v) is 1.88. The van der Waals surface area contributed by atoms with Gasteiger partial charge in [-0.1, -0.05) is 18.2 Å². The predicted octanol–water partition coefficient (Wildman–Crippen LogP) is 3.41. The van der Waals surface area contributed by atoms with E-state index in [9.17, 15) is 13.6 Å². The molecule has 0 aliphatic rings. The van der Waals surface area contributed by atoms with Crippen LogP contribution in [0.1, 0.15) is 6.92 Å². The summed E-state index contributed by atoms with van der Waals surface area (Å²) in [4.78, 5) is 11.9. The SMILES string of the molecule is CCOc1ccccc1NC(=O)CNc1c(F)cccc1F. The molecular weight excluding hydrogens is 290 g/mol. The Morgan fingerprint density at radius 1 is 1.09 bits per heavy atom. The highest BCUT2D eigenvalue weighted by molar-refractivity contribution is 5.95. The van der Waals surface area contributed by atoms with Gasteiger partial charge in [-0.15, -0.1) is 0 Å². The molecule has 2 aromatic carbocycles. The predicted molar refractivity (Wildman–Crippen MR) is 81.1 cm³/mol. The van der Waals surface area contributed by atoms with Gasteiger partial charge in [0, 0.05) is 0 Å². The monoisotopic (exact) mass is 306 g/mol. The summed E-state index contributed by atoms with van der Waals surface area (Å²) in [6.07, 6.45) is 0. The van der Waals surface area contributed by atoms with Gasteiger partial charge in [0.15, 0.2) is 0 Å². The fraction of sp³-hybridized carbons (Fsp3) is 0.188. The molecular formula is C16H16F2N2O2. The number of ether oxygens (including phenoxy) is 1. The summed E-state index contributed by atoms with van der Waals surface area (Å²) in [5.41, 5.74) is 0.181. The molecule has 4 nitrogen and oxygen atoms in total. The van der Waals surface area contributed by atoms with Gasteiger partial charge in [-0.2, -0.15) is 0 Å². The molecule has 1 amide bonds. The summed E-state index contributed by atoms with van der Waals surface area (Å²) in [6, 6.07) is 10.4. The molecule has 0 bridgehead atoms. The normalized spacial score (nSPS) is 10.1. The summed E-state index contributed by atoms with van der Waals surface area (Å²) in [5, 5.41) is 5.08. The van der Waals surface area contributed by atoms with E-state index in [1.165, 1.54) is 6.07 Å². The van der Waals surface area contributed by atoms with Crippen molar-refractivity contribution >= 4 is 17.3 Å². The number of carbonyl (C=O) groups excluding carboxylic acids is 1. The maximum Gasteiger partial charge on any atom is 0.243 e. The summed E-state index contributed by atoms with van der Waals surface area (Å²) in [6.45, 7) is 2.03. The molecule has 2 N–H and O–H groups in total. The van der Waals surface area contributed by atoms with Crippen LogP contribution < -0.4 is 15.4 Å². The molecule has 2 rings (SSSR count). The van der Waals surface area contributed by atoms with E-state index in [0.29, 0.717) is 18.0 Å². The number of carbonyl (C=O) groups is 1. The molecule has 0 aliphatic carbocycles. The van der Waals surface area contributed by atoms with Crippen molar-refractivity contribution in [3.05, 3.63) is 54.1 Å². The summed E-state index contributed by atoms with van der Waals surface area (Å²) >= 11 is 0.